The Kier molecular flexibility index (Phi) is 3.32. The monoisotopic (exact) mass is 243 g/mol. The van der Waals surface area contributed by atoms with Gasteiger partial charge in [0.15, 0.2) is 0 Å². The van der Waals surface area contributed by atoms with Crippen LogP contribution in [0, 0.1) is 6.92 Å². The van der Waals surface area contributed by atoms with E-state index in [-0.39, 0.29) is 5.91 Å². The molecule has 0 unspecified atom stereocenters. The second-order valence-electron chi connectivity index (χ2n) is 3.89. The highest BCUT2D eigenvalue weighted by Crippen LogP contribution is 2.29. The quantitative estimate of drug-likeness (QED) is 0.745. The van der Waals surface area contributed by atoms with E-state index in [0.717, 1.165) is 24.0 Å². The van der Waals surface area contributed by atoms with Crippen molar-refractivity contribution in [2.45, 2.75) is 25.8 Å². The van der Waals surface area contributed by atoms with Crippen LogP contribution >= 0.6 is 22.9 Å². The van der Waals surface area contributed by atoms with E-state index < -0.39 is 0 Å². The van der Waals surface area contributed by atoms with Gasteiger partial charge in [0.25, 0.3) is 5.91 Å². The summed E-state index contributed by atoms with van der Waals surface area (Å²) >= 11 is 7.30. The molecule has 0 atom stereocenters. The van der Waals surface area contributed by atoms with Crippen LogP contribution in [-0.4, -0.2) is 29.3 Å². The summed E-state index contributed by atoms with van der Waals surface area (Å²) in [6.45, 7) is 2.65. The predicted molar refractivity (Wildman–Crippen MR) is 63.8 cm³/mol. The molecule has 0 bridgehead atoms. The first-order valence-corrected chi connectivity index (χ1v) is 6.61. The second-order valence-corrected chi connectivity index (χ2v) is 5.01. The van der Waals surface area contributed by atoms with E-state index in [1.165, 1.54) is 0 Å². The zero-order valence-electron chi connectivity index (χ0n) is 8.70. The van der Waals surface area contributed by atoms with Crippen molar-refractivity contribution in [3.05, 3.63) is 21.9 Å². The van der Waals surface area contributed by atoms with Gasteiger partial charge in [-0.3, -0.25) is 4.79 Å². The van der Waals surface area contributed by atoms with Gasteiger partial charge >= 0.3 is 0 Å². The van der Waals surface area contributed by atoms with Crippen molar-refractivity contribution in [2.24, 2.45) is 0 Å². The lowest BCUT2D eigenvalue weighted by Gasteiger charge is -2.21. The third kappa shape index (κ3) is 2.34. The summed E-state index contributed by atoms with van der Waals surface area (Å²) < 4.78 is 0. The third-order valence-corrected chi connectivity index (χ3v) is 3.69. The Labute approximate surface area is 98.8 Å². The minimum atomic E-state index is 0.150. The highest BCUT2D eigenvalue weighted by molar-refractivity contribution is 7.08. The van der Waals surface area contributed by atoms with Gasteiger partial charge in [0, 0.05) is 23.8 Å². The molecule has 0 saturated heterocycles. The number of rotatable bonds is 4. The number of hydrogen-bond donors (Lipinski definition) is 0. The van der Waals surface area contributed by atoms with E-state index in [0.29, 0.717) is 18.5 Å². The maximum atomic E-state index is 12.2. The molecule has 0 N–H and O–H groups in total. The van der Waals surface area contributed by atoms with E-state index in [9.17, 15) is 4.79 Å². The second kappa shape index (κ2) is 4.54. The van der Waals surface area contributed by atoms with Crippen LogP contribution < -0.4 is 0 Å². The number of hydrogen-bond acceptors (Lipinski definition) is 2. The lowest BCUT2D eigenvalue weighted by atomic mass is 10.2. The normalized spacial score (nSPS) is 15.3. The molecule has 1 fully saturated rings. The summed E-state index contributed by atoms with van der Waals surface area (Å²) in [5, 5.41) is 3.94. The molecule has 1 aliphatic carbocycles. The molecule has 1 heterocycles. The number of carbonyl (C=O) groups is 1. The van der Waals surface area contributed by atoms with E-state index in [4.69, 9.17) is 11.6 Å². The number of halogens is 1. The van der Waals surface area contributed by atoms with Gasteiger partial charge in [-0.15, -0.1) is 11.6 Å². The molecule has 82 valence electrons. The Bertz CT molecular complexity index is 359. The van der Waals surface area contributed by atoms with Crippen LogP contribution in [0.5, 0.6) is 0 Å². The van der Waals surface area contributed by atoms with Crippen molar-refractivity contribution < 1.29 is 4.79 Å². The lowest BCUT2D eigenvalue weighted by Crippen LogP contribution is -2.34. The summed E-state index contributed by atoms with van der Waals surface area (Å²) in [7, 11) is 0. The topological polar surface area (TPSA) is 20.3 Å². The van der Waals surface area contributed by atoms with Gasteiger partial charge in [-0.2, -0.15) is 11.3 Å². The van der Waals surface area contributed by atoms with Gasteiger partial charge < -0.3 is 4.90 Å². The zero-order chi connectivity index (χ0) is 10.8. The Morgan fingerprint density at radius 2 is 2.33 bits per heavy atom. The number of thiophene rings is 1. The fraction of sp³-hybridized carbons (Fsp3) is 0.545. The predicted octanol–water partition coefficient (Wildman–Crippen LogP) is 2.90. The molecule has 2 rings (SSSR count). The molecule has 0 aromatic carbocycles. The van der Waals surface area contributed by atoms with Crippen molar-refractivity contribution >= 4 is 28.8 Å². The first-order valence-electron chi connectivity index (χ1n) is 5.13. The van der Waals surface area contributed by atoms with Crippen LogP contribution in [-0.2, 0) is 0 Å². The first kappa shape index (κ1) is 11.0. The summed E-state index contributed by atoms with van der Waals surface area (Å²) in [5.41, 5.74) is 1.92. The van der Waals surface area contributed by atoms with Crippen molar-refractivity contribution in [1.29, 1.82) is 0 Å². The highest BCUT2D eigenvalue weighted by Gasteiger charge is 2.33. The molecule has 0 spiro atoms. The number of amides is 1. The number of carbonyl (C=O) groups excluding carboxylic acids is 1. The van der Waals surface area contributed by atoms with Gasteiger partial charge in [-0.25, -0.2) is 0 Å². The first-order chi connectivity index (χ1) is 7.24. The van der Waals surface area contributed by atoms with E-state index in [1.807, 2.05) is 22.6 Å². The van der Waals surface area contributed by atoms with Crippen LogP contribution in [0.2, 0.25) is 0 Å². The number of aryl methyl sites for hydroxylation is 1. The summed E-state index contributed by atoms with van der Waals surface area (Å²) in [5.74, 6) is 0.669. The third-order valence-electron chi connectivity index (χ3n) is 2.66. The molecule has 1 amide bonds. The molecule has 1 saturated carbocycles. The van der Waals surface area contributed by atoms with E-state index in [1.54, 1.807) is 11.3 Å². The fourth-order valence-corrected chi connectivity index (χ4v) is 2.67. The minimum absolute atomic E-state index is 0.150. The van der Waals surface area contributed by atoms with Crippen molar-refractivity contribution in [1.82, 2.24) is 4.90 Å². The Balaban J connectivity index is 2.14. The fourth-order valence-electron chi connectivity index (χ4n) is 1.66. The van der Waals surface area contributed by atoms with Crippen molar-refractivity contribution in [3.63, 3.8) is 0 Å². The van der Waals surface area contributed by atoms with Crippen LogP contribution in [0.3, 0.4) is 0 Å². The number of nitrogens with zero attached hydrogens (tertiary/aromatic N) is 1. The number of alkyl halides is 1. The lowest BCUT2D eigenvalue weighted by molar-refractivity contribution is 0.0753. The molecule has 0 aliphatic heterocycles. The summed E-state index contributed by atoms with van der Waals surface area (Å²) in [4.78, 5) is 14.1. The summed E-state index contributed by atoms with van der Waals surface area (Å²) in [6, 6.07) is 0.440. The van der Waals surface area contributed by atoms with Crippen LogP contribution in [0.1, 0.15) is 28.8 Å². The van der Waals surface area contributed by atoms with Gasteiger partial charge in [-0.1, -0.05) is 0 Å². The standard InChI is InChI=1S/C11H14ClNOS/c1-8-6-15-7-10(8)11(14)13(5-4-12)9-2-3-9/h6-7,9H,2-5H2,1H3. The molecule has 1 aromatic heterocycles. The summed E-state index contributed by atoms with van der Waals surface area (Å²) in [6.07, 6.45) is 2.26. The molecule has 4 heteroatoms. The maximum Gasteiger partial charge on any atom is 0.255 e. The van der Waals surface area contributed by atoms with Crippen LogP contribution in [0.15, 0.2) is 10.8 Å². The van der Waals surface area contributed by atoms with Gasteiger partial charge in [0.1, 0.15) is 0 Å². The molecular weight excluding hydrogens is 230 g/mol. The molecule has 2 nitrogen and oxygen atoms in total. The van der Waals surface area contributed by atoms with Crippen LogP contribution in [0.4, 0.5) is 0 Å². The minimum Gasteiger partial charge on any atom is -0.334 e. The van der Waals surface area contributed by atoms with Gasteiger partial charge in [0.05, 0.1) is 5.56 Å². The maximum absolute atomic E-state index is 12.2. The average Bonchev–Trinajstić information content (AvgIpc) is 2.97. The molecule has 1 aromatic rings. The Hall–Kier alpha value is -0.540. The molecular formula is C11H14ClNOS. The zero-order valence-corrected chi connectivity index (χ0v) is 10.3. The Morgan fingerprint density at radius 3 is 2.80 bits per heavy atom. The Morgan fingerprint density at radius 1 is 1.60 bits per heavy atom. The van der Waals surface area contributed by atoms with E-state index >= 15 is 0 Å². The largest absolute Gasteiger partial charge is 0.334 e. The van der Waals surface area contributed by atoms with Gasteiger partial charge in [-0.05, 0) is 30.7 Å². The van der Waals surface area contributed by atoms with Crippen molar-refractivity contribution in [3.8, 4) is 0 Å². The highest BCUT2D eigenvalue weighted by atomic mass is 35.5. The van der Waals surface area contributed by atoms with Gasteiger partial charge in [0.2, 0.25) is 0 Å². The van der Waals surface area contributed by atoms with E-state index in [2.05, 4.69) is 0 Å². The molecule has 0 radical (unpaired) electrons. The van der Waals surface area contributed by atoms with Crippen molar-refractivity contribution in [2.75, 3.05) is 12.4 Å². The average molecular weight is 244 g/mol. The SMILES string of the molecule is Cc1cscc1C(=O)N(CCCl)C1CC1. The molecule has 1 aliphatic rings. The molecule has 15 heavy (non-hydrogen) atoms. The smallest absolute Gasteiger partial charge is 0.255 e. The van der Waals surface area contributed by atoms with Crippen LogP contribution in [0.25, 0.3) is 0 Å².